The van der Waals surface area contributed by atoms with Crippen molar-refractivity contribution in [3.8, 4) is 0 Å². The van der Waals surface area contributed by atoms with Crippen LogP contribution in [-0.4, -0.2) is 34.0 Å². The highest BCUT2D eigenvalue weighted by atomic mass is 16.4. The van der Waals surface area contributed by atoms with Gasteiger partial charge in [0.15, 0.2) is 0 Å². The van der Waals surface area contributed by atoms with Crippen LogP contribution in [0.4, 0.5) is 0 Å². The minimum absolute atomic E-state index is 0.204. The van der Waals surface area contributed by atoms with E-state index in [2.05, 4.69) is 44.6 Å². The molecule has 1 unspecified atom stereocenters. The smallest absolute Gasteiger partial charge is 0.337 e. The average Bonchev–Trinajstić information content (AvgIpc) is 2.27. The van der Waals surface area contributed by atoms with Crippen molar-refractivity contribution < 1.29 is 9.90 Å². The van der Waals surface area contributed by atoms with Crippen LogP contribution in [0.15, 0.2) is 18.3 Å². The lowest BCUT2D eigenvalue weighted by Gasteiger charge is -2.35. The topological polar surface area (TPSA) is 53.4 Å². The van der Waals surface area contributed by atoms with E-state index < -0.39 is 5.97 Å². The summed E-state index contributed by atoms with van der Waals surface area (Å²) >= 11 is 0. The van der Waals surface area contributed by atoms with Crippen LogP contribution in [0.25, 0.3) is 0 Å². The molecule has 0 amide bonds. The van der Waals surface area contributed by atoms with Crippen molar-refractivity contribution >= 4 is 5.97 Å². The summed E-state index contributed by atoms with van der Waals surface area (Å²) in [6, 6.07) is 3.79. The molecule has 4 heteroatoms. The SMILES string of the molecule is CC(N(C)Cc1ccc(C(=O)O)cn1)C(C)(C)C. The molecule has 0 spiro atoms. The van der Waals surface area contributed by atoms with Crippen molar-refractivity contribution in [2.24, 2.45) is 5.41 Å². The number of rotatable bonds is 4. The molecule has 0 saturated heterocycles. The zero-order valence-electron chi connectivity index (χ0n) is 11.8. The summed E-state index contributed by atoms with van der Waals surface area (Å²) in [7, 11) is 2.06. The van der Waals surface area contributed by atoms with Crippen LogP contribution in [0.1, 0.15) is 43.7 Å². The van der Waals surface area contributed by atoms with E-state index in [9.17, 15) is 4.79 Å². The van der Waals surface area contributed by atoms with Crippen LogP contribution in [0.2, 0.25) is 0 Å². The van der Waals surface area contributed by atoms with Crippen LogP contribution < -0.4 is 0 Å². The normalized spacial score (nSPS) is 13.7. The first-order chi connectivity index (χ1) is 8.21. The monoisotopic (exact) mass is 250 g/mol. The Balaban J connectivity index is 2.70. The summed E-state index contributed by atoms with van der Waals surface area (Å²) in [6.45, 7) is 9.52. The molecule has 18 heavy (non-hydrogen) atoms. The molecule has 1 aromatic heterocycles. The summed E-state index contributed by atoms with van der Waals surface area (Å²) in [5, 5.41) is 8.80. The third-order valence-corrected chi connectivity index (χ3v) is 3.40. The van der Waals surface area contributed by atoms with Crippen molar-refractivity contribution in [2.75, 3.05) is 7.05 Å². The second-order valence-electron chi connectivity index (χ2n) is 5.80. The number of carboxylic acids is 1. The van der Waals surface area contributed by atoms with E-state index in [1.54, 1.807) is 12.1 Å². The summed E-state index contributed by atoms with van der Waals surface area (Å²) in [5.74, 6) is -0.939. The van der Waals surface area contributed by atoms with Gasteiger partial charge in [-0.2, -0.15) is 0 Å². The van der Waals surface area contributed by atoms with Crippen molar-refractivity contribution in [3.63, 3.8) is 0 Å². The van der Waals surface area contributed by atoms with Gasteiger partial charge >= 0.3 is 5.97 Å². The van der Waals surface area contributed by atoms with Gasteiger partial charge in [-0.3, -0.25) is 9.88 Å². The lowest BCUT2D eigenvalue weighted by atomic mass is 9.87. The number of hydrogen-bond acceptors (Lipinski definition) is 3. The summed E-state index contributed by atoms with van der Waals surface area (Å²) in [5.41, 5.74) is 1.32. The lowest BCUT2D eigenvalue weighted by Crippen LogP contribution is -2.38. The molecule has 1 atom stereocenters. The zero-order valence-corrected chi connectivity index (χ0v) is 11.8. The quantitative estimate of drug-likeness (QED) is 0.892. The fourth-order valence-corrected chi connectivity index (χ4v) is 1.70. The van der Waals surface area contributed by atoms with Crippen LogP contribution in [-0.2, 0) is 6.54 Å². The average molecular weight is 250 g/mol. The molecule has 1 aromatic rings. The Morgan fingerprint density at radius 2 is 2.06 bits per heavy atom. The molecule has 0 aliphatic heterocycles. The second-order valence-corrected chi connectivity index (χ2v) is 5.80. The second kappa shape index (κ2) is 5.48. The van der Waals surface area contributed by atoms with Crippen molar-refractivity contribution in [2.45, 2.75) is 40.3 Å². The zero-order chi connectivity index (χ0) is 13.9. The molecule has 0 aliphatic carbocycles. The van der Waals surface area contributed by atoms with E-state index in [-0.39, 0.29) is 11.0 Å². The highest BCUT2D eigenvalue weighted by Crippen LogP contribution is 2.23. The minimum atomic E-state index is -0.939. The van der Waals surface area contributed by atoms with Crippen molar-refractivity contribution in [1.82, 2.24) is 9.88 Å². The van der Waals surface area contributed by atoms with Crippen molar-refractivity contribution in [3.05, 3.63) is 29.6 Å². The van der Waals surface area contributed by atoms with Gasteiger partial charge in [-0.1, -0.05) is 20.8 Å². The van der Waals surface area contributed by atoms with Crippen LogP contribution in [0, 0.1) is 5.41 Å². The molecule has 0 aromatic carbocycles. The van der Waals surface area contributed by atoms with Crippen LogP contribution in [0.5, 0.6) is 0 Å². The lowest BCUT2D eigenvalue weighted by molar-refractivity contribution is 0.0696. The third-order valence-electron chi connectivity index (χ3n) is 3.40. The first kappa shape index (κ1) is 14.6. The van der Waals surface area contributed by atoms with Crippen LogP contribution in [0.3, 0.4) is 0 Å². The van der Waals surface area contributed by atoms with E-state index in [0.29, 0.717) is 6.04 Å². The Bertz CT molecular complexity index is 407. The van der Waals surface area contributed by atoms with E-state index in [1.807, 2.05) is 0 Å². The molecule has 0 saturated carbocycles. The van der Waals surface area contributed by atoms with Gasteiger partial charge in [-0.25, -0.2) is 4.79 Å². The van der Waals surface area contributed by atoms with E-state index in [1.165, 1.54) is 6.20 Å². The molecule has 1 N–H and O–H groups in total. The number of aromatic carboxylic acids is 1. The van der Waals surface area contributed by atoms with Gasteiger partial charge in [0.1, 0.15) is 0 Å². The van der Waals surface area contributed by atoms with Gasteiger partial charge in [0, 0.05) is 18.8 Å². The largest absolute Gasteiger partial charge is 0.478 e. The Labute approximate surface area is 109 Å². The number of hydrogen-bond donors (Lipinski definition) is 1. The molecular weight excluding hydrogens is 228 g/mol. The summed E-state index contributed by atoms with van der Waals surface area (Å²) in [4.78, 5) is 17.1. The van der Waals surface area contributed by atoms with Gasteiger partial charge in [-0.05, 0) is 31.5 Å². The van der Waals surface area contributed by atoms with Crippen molar-refractivity contribution in [1.29, 1.82) is 0 Å². The minimum Gasteiger partial charge on any atom is -0.478 e. The molecule has 4 nitrogen and oxygen atoms in total. The van der Waals surface area contributed by atoms with Gasteiger partial charge < -0.3 is 5.11 Å². The fourth-order valence-electron chi connectivity index (χ4n) is 1.70. The predicted molar refractivity (Wildman–Crippen MR) is 71.6 cm³/mol. The van der Waals surface area contributed by atoms with Crippen LogP contribution >= 0.6 is 0 Å². The number of nitrogens with zero attached hydrogens (tertiary/aromatic N) is 2. The molecule has 1 rings (SSSR count). The molecule has 1 heterocycles. The number of carboxylic acid groups (broad SMARTS) is 1. The maximum Gasteiger partial charge on any atom is 0.337 e. The first-order valence-corrected chi connectivity index (χ1v) is 6.10. The molecule has 0 radical (unpaired) electrons. The first-order valence-electron chi connectivity index (χ1n) is 6.10. The Morgan fingerprint density at radius 1 is 1.44 bits per heavy atom. The van der Waals surface area contributed by atoms with Gasteiger partial charge in [0.05, 0.1) is 11.3 Å². The fraction of sp³-hybridized carbons (Fsp3) is 0.571. The molecular formula is C14H22N2O2. The van der Waals surface area contributed by atoms with E-state index in [0.717, 1.165) is 12.2 Å². The van der Waals surface area contributed by atoms with E-state index >= 15 is 0 Å². The van der Waals surface area contributed by atoms with Gasteiger partial charge in [0.25, 0.3) is 0 Å². The highest BCUT2D eigenvalue weighted by Gasteiger charge is 2.23. The third kappa shape index (κ3) is 3.81. The van der Waals surface area contributed by atoms with E-state index in [4.69, 9.17) is 5.11 Å². The number of pyridine rings is 1. The maximum absolute atomic E-state index is 10.7. The molecule has 0 bridgehead atoms. The number of aromatic nitrogens is 1. The Hall–Kier alpha value is -1.42. The molecule has 0 fully saturated rings. The molecule has 100 valence electrons. The Kier molecular flexibility index (Phi) is 4.46. The standard InChI is InChI=1S/C14H22N2O2/c1-10(14(2,3)4)16(5)9-12-7-6-11(8-15-12)13(17)18/h6-8,10H,9H2,1-5H3,(H,17,18). The van der Waals surface area contributed by atoms with Gasteiger partial charge in [-0.15, -0.1) is 0 Å². The van der Waals surface area contributed by atoms with Gasteiger partial charge in [0.2, 0.25) is 0 Å². The Morgan fingerprint density at radius 3 is 2.44 bits per heavy atom. The predicted octanol–water partition coefficient (Wildman–Crippen LogP) is 2.65. The number of carbonyl (C=O) groups is 1. The highest BCUT2D eigenvalue weighted by molar-refractivity contribution is 5.87. The summed E-state index contributed by atoms with van der Waals surface area (Å²) in [6.07, 6.45) is 1.41. The maximum atomic E-state index is 10.7. The molecule has 0 aliphatic rings. The summed E-state index contributed by atoms with van der Waals surface area (Å²) < 4.78 is 0.